The third kappa shape index (κ3) is 4.41. The molecule has 2 rings (SSSR count). The molecule has 2 aromatic carbocycles. The van der Waals surface area contributed by atoms with Crippen LogP contribution >= 0.6 is 15.9 Å². The minimum atomic E-state index is -1.08. The first-order valence-corrected chi connectivity index (χ1v) is 8.27. The van der Waals surface area contributed by atoms with Gasteiger partial charge in [-0.2, -0.15) is 0 Å². The molecule has 5 heteroatoms. The summed E-state index contributed by atoms with van der Waals surface area (Å²) in [6.45, 7) is 4.08. The van der Waals surface area contributed by atoms with Crippen LogP contribution in [-0.4, -0.2) is 5.91 Å². The minimum Gasteiger partial charge on any atom is -0.350 e. The van der Waals surface area contributed by atoms with Crippen molar-refractivity contribution in [2.24, 2.45) is 11.5 Å². The Morgan fingerprint density at radius 3 is 2.26 bits per heavy atom. The van der Waals surface area contributed by atoms with Crippen LogP contribution < -0.4 is 16.8 Å². The molecule has 2 unspecified atom stereocenters. The van der Waals surface area contributed by atoms with E-state index in [0.29, 0.717) is 6.54 Å². The number of nitrogens with two attached hydrogens (primary N) is 2. The highest BCUT2D eigenvalue weighted by Crippen LogP contribution is 2.21. The van der Waals surface area contributed by atoms with E-state index in [0.717, 1.165) is 21.2 Å². The van der Waals surface area contributed by atoms with Gasteiger partial charge in [0, 0.05) is 17.1 Å². The molecule has 0 radical (unpaired) electrons. The lowest BCUT2D eigenvalue weighted by molar-refractivity contribution is -0.126. The maximum absolute atomic E-state index is 12.4. The van der Waals surface area contributed by atoms with E-state index >= 15 is 0 Å². The van der Waals surface area contributed by atoms with Crippen molar-refractivity contribution in [3.8, 4) is 0 Å². The highest BCUT2D eigenvalue weighted by molar-refractivity contribution is 9.10. The largest absolute Gasteiger partial charge is 0.350 e. The highest BCUT2D eigenvalue weighted by atomic mass is 79.9. The predicted octanol–water partition coefficient (Wildman–Crippen LogP) is 2.96. The SMILES string of the molecule is CC(N)c1ccc(CNC(=O)C(C)(N)c2ccc(Br)cc2)cc1. The quantitative estimate of drug-likeness (QED) is 0.751. The zero-order chi connectivity index (χ0) is 17.0. The zero-order valence-electron chi connectivity index (χ0n) is 13.3. The number of benzene rings is 2. The van der Waals surface area contributed by atoms with Gasteiger partial charge in [0.2, 0.25) is 5.91 Å². The Bertz CT molecular complexity index is 664. The van der Waals surface area contributed by atoms with Crippen molar-refractivity contribution >= 4 is 21.8 Å². The molecule has 0 saturated heterocycles. The number of carbonyl (C=O) groups is 1. The zero-order valence-corrected chi connectivity index (χ0v) is 14.9. The van der Waals surface area contributed by atoms with E-state index in [1.54, 1.807) is 6.92 Å². The topological polar surface area (TPSA) is 81.1 Å². The van der Waals surface area contributed by atoms with Crippen LogP contribution in [0.25, 0.3) is 0 Å². The Morgan fingerprint density at radius 1 is 1.17 bits per heavy atom. The number of rotatable bonds is 5. The van der Waals surface area contributed by atoms with E-state index in [2.05, 4.69) is 21.2 Å². The van der Waals surface area contributed by atoms with Gasteiger partial charge in [0.05, 0.1) is 0 Å². The molecule has 2 aromatic rings. The number of amides is 1. The number of nitrogens with one attached hydrogen (secondary N) is 1. The lowest BCUT2D eigenvalue weighted by Gasteiger charge is -2.24. The van der Waals surface area contributed by atoms with Crippen molar-refractivity contribution in [1.82, 2.24) is 5.32 Å². The van der Waals surface area contributed by atoms with E-state index in [-0.39, 0.29) is 11.9 Å². The fourth-order valence-electron chi connectivity index (χ4n) is 2.23. The second-order valence-electron chi connectivity index (χ2n) is 5.92. The second-order valence-corrected chi connectivity index (χ2v) is 6.84. The Kier molecular flexibility index (Phi) is 5.57. The first kappa shape index (κ1) is 17.7. The van der Waals surface area contributed by atoms with Crippen molar-refractivity contribution in [1.29, 1.82) is 0 Å². The fraction of sp³-hybridized carbons (Fsp3) is 0.278. The fourth-order valence-corrected chi connectivity index (χ4v) is 2.50. The van der Waals surface area contributed by atoms with Crippen molar-refractivity contribution in [2.45, 2.75) is 32.0 Å². The number of carbonyl (C=O) groups excluding carboxylic acids is 1. The van der Waals surface area contributed by atoms with E-state index in [9.17, 15) is 4.79 Å². The van der Waals surface area contributed by atoms with Crippen LogP contribution in [0.1, 0.15) is 36.6 Å². The summed E-state index contributed by atoms with van der Waals surface area (Å²) in [5, 5.41) is 2.89. The van der Waals surface area contributed by atoms with Crippen LogP contribution in [-0.2, 0) is 16.9 Å². The van der Waals surface area contributed by atoms with Crippen LogP contribution in [0.3, 0.4) is 0 Å². The van der Waals surface area contributed by atoms with Gasteiger partial charge < -0.3 is 16.8 Å². The van der Waals surface area contributed by atoms with Gasteiger partial charge in [-0.3, -0.25) is 4.79 Å². The molecular weight excluding hydrogens is 354 g/mol. The number of halogens is 1. The summed E-state index contributed by atoms with van der Waals surface area (Å²) in [7, 11) is 0. The molecule has 0 aromatic heterocycles. The van der Waals surface area contributed by atoms with Gasteiger partial charge in [0.15, 0.2) is 0 Å². The normalized spacial score (nSPS) is 14.8. The standard InChI is InChI=1S/C18H22BrN3O/c1-12(20)14-5-3-13(4-6-14)11-22-17(23)18(2,21)15-7-9-16(19)10-8-15/h3-10,12H,11,20-21H2,1-2H3,(H,22,23). The van der Waals surface area contributed by atoms with E-state index in [4.69, 9.17) is 11.5 Å². The summed E-state index contributed by atoms with van der Waals surface area (Å²) in [5.41, 5.74) is 13.8. The molecule has 0 aliphatic heterocycles. The molecule has 2 atom stereocenters. The molecule has 0 heterocycles. The second kappa shape index (κ2) is 7.25. The summed E-state index contributed by atoms with van der Waals surface area (Å²) < 4.78 is 0.951. The Morgan fingerprint density at radius 2 is 1.74 bits per heavy atom. The van der Waals surface area contributed by atoms with Gasteiger partial charge in [0.1, 0.15) is 5.54 Å². The molecule has 0 fully saturated rings. The monoisotopic (exact) mass is 375 g/mol. The molecule has 0 bridgehead atoms. The van der Waals surface area contributed by atoms with Crippen molar-refractivity contribution in [3.05, 3.63) is 69.7 Å². The molecule has 0 aliphatic rings. The highest BCUT2D eigenvalue weighted by Gasteiger charge is 2.30. The van der Waals surface area contributed by atoms with Crippen molar-refractivity contribution in [3.63, 3.8) is 0 Å². The summed E-state index contributed by atoms with van der Waals surface area (Å²) in [6.07, 6.45) is 0. The molecule has 5 N–H and O–H groups in total. The van der Waals surface area contributed by atoms with Crippen LogP contribution in [0.5, 0.6) is 0 Å². The first-order valence-electron chi connectivity index (χ1n) is 7.48. The molecule has 0 saturated carbocycles. The van der Waals surface area contributed by atoms with Crippen LogP contribution in [0.2, 0.25) is 0 Å². The summed E-state index contributed by atoms with van der Waals surface area (Å²) >= 11 is 3.38. The molecule has 1 amide bonds. The number of hydrogen-bond acceptors (Lipinski definition) is 3. The van der Waals surface area contributed by atoms with E-state index < -0.39 is 5.54 Å². The lowest BCUT2D eigenvalue weighted by atomic mass is 9.92. The number of hydrogen-bond donors (Lipinski definition) is 3. The molecule has 0 aliphatic carbocycles. The predicted molar refractivity (Wildman–Crippen MR) is 96.6 cm³/mol. The summed E-state index contributed by atoms with van der Waals surface area (Å²) in [6, 6.07) is 15.3. The molecular formula is C18H22BrN3O. The maximum atomic E-state index is 12.4. The molecule has 122 valence electrons. The average molecular weight is 376 g/mol. The van der Waals surface area contributed by atoms with Gasteiger partial charge >= 0.3 is 0 Å². The van der Waals surface area contributed by atoms with Crippen LogP contribution in [0.4, 0.5) is 0 Å². The third-order valence-electron chi connectivity index (χ3n) is 3.87. The summed E-state index contributed by atoms with van der Waals surface area (Å²) in [4.78, 5) is 12.4. The average Bonchev–Trinajstić information content (AvgIpc) is 2.53. The van der Waals surface area contributed by atoms with Gasteiger partial charge in [-0.15, -0.1) is 0 Å². The van der Waals surface area contributed by atoms with Crippen LogP contribution in [0.15, 0.2) is 53.0 Å². The van der Waals surface area contributed by atoms with Gasteiger partial charge in [-0.25, -0.2) is 0 Å². The maximum Gasteiger partial charge on any atom is 0.244 e. The minimum absolute atomic E-state index is 0.00313. The molecule has 23 heavy (non-hydrogen) atoms. The Hall–Kier alpha value is -1.69. The summed E-state index contributed by atoms with van der Waals surface area (Å²) in [5.74, 6) is -0.212. The van der Waals surface area contributed by atoms with E-state index in [1.807, 2.05) is 55.5 Å². The Labute approximate surface area is 145 Å². The van der Waals surface area contributed by atoms with Crippen molar-refractivity contribution in [2.75, 3.05) is 0 Å². The lowest BCUT2D eigenvalue weighted by Crippen LogP contribution is -2.48. The van der Waals surface area contributed by atoms with Crippen molar-refractivity contribution < 1.29 is 4.79 Å². The smallest absolute Gasteiger partial charge is 0.244 e. The Balaban J connectivity index is 2.02. The van der Waals surface area contributed by atoms with Gasteiger partial charge in [0.25, 0.3) is 0 Å². The first-order chi connectivity index (χ1) is 10.8. The van der Waals surface area contributed by atoms with Gasteiger partial charge in [-0.1, -0.05) is 52.3 Å². The van der Waals surface area contributed by atoms with Crippen LogP contribution in [0, 0.1) is 0 Å². The third-order valence-corrected chi connectivity index (χ3v) is 4.40. The molecule has 4 nitrogen and oxygen atoms in total. The van der Waals surface area contributed by atoms with E-state index in [1.165, 1.54) is 0 Å². The molecule has 0 spiro atoms. The van der Waals surface area contributed by atoms with Gasteiger partial charge in [-0.05, 0) is 42.7 Å².